The smallest absolute Gasteiger partial charge is 0.446 e. The van der Waals surface area contributed by atoms with Crippen LogP contribution in [-0.2, 0) is 18.6 Å². The number of fused-ring (bicyclic) bond motifs is 5. The van der Waals surface area contributed by atoms with Crippen LogP contribution >= 0.6 is 7.82 Å². The number of allylic oxidation sites excluding steroid dienone is 1. The van der Waals surface area contributed by atoms with E-state index >= 15 is 0 Å². The molecule has 0 bridgehead atoms. The van der Waals surface area contributed by atoms with Crippen molar-refractivity contribution in [3.63, 3.8) is 0 Å². The maximum atomic E-state index is 12.4. The van der Waals surface area contributed by atoms with Crippen molar-refractivity contribution in [3.8, 4) is 0 Å². The fourth-order valence-corrected chi connectivity index (χ4v) is 9.80. The van der Waals surface area contributed by atoms with E-state index in [9.17, 15) is 9.36 Å². The number of hydrogen-bond acceptors (Lipinski definition) is 5. The maximum Gasteiger partial charge on any atom is 0.469 e. The first-order valence-electron chi connectivity index (χ1n) is 16.3. The van der Waals surface area contributed by atoms with Crippen LogP contribution in [0, 0.1) is 46.3 Å². The second-order valence-electron chi connectivity index (χ2n) is 14.4. The van der Waals surface area contributed by atoms with Gasteiger partial charge in [0.15, 0.2) is 0 Å². The summed E-state index contributed by atoms with van der Waals surface area (Å²) >= 11 is 0. The average Bonchev–Trinajstić information content (AvgIpc) is 3.24. The molecule has 0 aromatic rings. The van der Waals surface area contributed by atoms with Crippen LogP contribution in [-0.4, -0.2) is 48.3 Å². The second kappa shape index (κ2) is 13.8. The van der Waals surface area contributed by atoms with E-state index < -0.39 is 13.9 Å². The molecule has 0 aromatic heterocycles. The third-order valence-corrected chi connectivity index (χ3v) is 12.1. The lowest BCUT2D eigenvalue weighted by atomic mass is 9.47. The Kier molecular flexibility index (Phi) is 11.1. The molecule has 41 heavy (non-hydrogen) atoms. The van der Waals surface area contributed by atoms with Crippen LogP contribution in [0.5, 0.6) is 0 Å². The molecule has 0 saturated heterocycles. The van der Waals surface area contributed by atoms with E-state index in [2.05, 4.69) is 50.5 Å². The quantitative estimate of drug-likeness (QED) is 0.116. The molecule has 0 radical (unpaired) electrons. The molecule has 0 spiro atoms. The molecule has 4 rings (SSSR count). The van der Waals surface area contributed by atoms with Crippen molar-refractivity contribution in [3.05, 3.63) is 11.6 Å². The van der Waals surface area contributed by atoms with E-state index in [1.54, 1.807) is 0 Å². The first-order valence-corrected chi connectivity index (χ1v) is 17.8. The molecule has 236 valence electrons. The fraction of sp³-hybridized carbons (Fsp3) is 0.906. The number of phosphoric ester groups is 1. The number of carbonyl (C=O) groups is 1. The molecule has 3 saturated carbocycles. The highest BCUT2D eigenvalue weighted by molar-refractivity contribution is 7.46. The molecule has 3 N–H and O–H groups in total. The SMILES string of the molecule is CC(C)CCCC(C)C1CCC2C3CC=C4CC(OC(=O)NCCOCCOP(=O)(O)O)CCC4(C)C3CCC12C. The zero-order chi connectivity index (χ0) is 29.8. The summed E-state index contributed by atoms with van der Waals surface area (Å²) in [5.41, 5.74) is 2.23. The van der Waals surface area contributed by atoms with Gasteiger partial charge in [-0.15, -0.1) is 0 Å². The van der Waals surface area contributed by atoms with Gasteiger partial charge >= 0.3 is 13.9 Å². The Morgan fingerprint density at radius 3 is 2.56 bits per heavy atom. The minimum absolute atomic E-state index is 0.0390. The molecule has 1 amide bonds. The molecule has 4 aliphatic carbocycles. The van der Waals surface area contributed by atoms with Gasteiger partial charge in [-0.05, 0) is 91.3 Å². The molecular formula is C32H56NO7P. The van der Waals surface area contributed by atoms with Crippen molar-refractivity contribution >= 4 is 13.9 Å². The standard InChI is InChI=1S/C32H56NO7P/c1-22(2)7-6-8-23(3)27-11-12-28-26-10-9-24-21-25(13-15-31(24,4)29(26)14-16-32(27,28)5)40-30(34)33-17-18-38-19-20-39-41(35,36)37/h9,22-23,25-29H,6-8,10-21H2,1-5H3,(H,33,34)(H2,35,36,37). The van der Waals surface area contributed by atoms with Gasteiger partial charge in [-0.2, -0.15) is 0 Å². The highest BCUT2D eigenvalue weighted by Gasteiger charge is 2.59. The van der Waals surface area contributed by atoms with E-state index in [1.807, 2.05) is 0 Å². The summed E-state index contributed by atoms with van der Waals surface area (Å²) < 4.78 is 26.0. The first kappa shape index (κ1) is 33.0. The topological polar surface area (TPSA) is 114 Å². The Labute approximate surface area is 248 Å². The molecule has 8 nitrogen and oxygen atoms in total. The molecule has 0 aliphatic heterocycles. The molecule has 0 heterocycles. The number of ether oxygens (including phenoxy) is 2. The zero-order valence-electron chi connectivity index (χ0n) is 26.1. The Morgan fingerprint density at radius 1 is 1.05 bits per heavy atom. The van der Waals surface area contributed by atoms with Gasteiger partial charge in [-0.1, -0.05) is 65.5 Å². The first-order chi connectivity index (χ1) is 19.3. The Balaban J connectivity index is 1.25. The van der Waals surface area contributed by atoms with Gasteiger partial charge in [0.05, 0.1) is 19.8 Å². The van der Waals surface area contributed by atoms with Gasteiger partial charge in [0.1, 0.15) is 6.10 Å². The second-order valence-corrected chi connectivity index (χ2v) is 15.7. The number of phosphoric acid groups is 1. The minimum atomic E-state index is -4.48. The summed E-state index contributed by atoms with van der Waals surface area (Å²) in [6.45, 7) is 12.7. The van der Waals surface area contributed by atoms with Crippen molar-refractivity contribution in [1.82, 2.24) is 5.32 Å². The average molecular weight is 598 g/mol. The van der Waals surface area contributed by atoms with Gasteiger partial charge < -0.3 is 24.6 Å². The van der Waals surface area contributed by atoms with Gasteiger partial charge in [-0.3, -0.25) is 4.52 Å². The zero-order valence-corrected chi connectivity index (χ0v) is 27.0. The normalized spacial score (nSPS) is 35.7. The van der Waals surface area contributed by atoms with Crippen LogP contribution in [0.2, 0.25) is 0 Å². The van der Waals surface area contributed by atoms with Crippen LogP contribution in [0.1, 0.15) is 105 Å². The molecular weight excluding hydrogens is 541 g/mol. The van der Waals surface area contributed by atoms with Crippen molar-refractivity contribution in [2.75, 3.05) is 26.4 Å². The third kappa shape index (κ3) is 7.98. The van der Waals surface area contributed by atoms with Gasteiger partial charge in [0.2, 0.25) is 0 Å². The van der Waals surface area contributed by atoms with Crippen LogP contribution in [0.4, 0.5) is 4.79 Å². The summed E-state index contributed by atoms with van der Waals surface area (Å²) in [5, 5.41) is 2.72. The van der Waals surface area contributed by atoms with E-state index in [4.69, 9.17) is 19.3 Å². The molecule has 8 unspecified atom stereocenters. The number of alkyl carbamates (subject to hydrolysis) is 1. The lowest BCUT2D eigenvalue weighted by Crippen LogP contribution is -2.51. The molecule has 9 heteroatoms. The summed E-state index contributed by atoms with van der Waals surface area (Å²) in [6.07, 6.45) is 15.7. The number of nitrogens with one attached hydrogen (secondary N) is 1. The van der Waals surface area contributed by atoms with Crippen LogP contribution < -0.4 is 5.32 Å². The van der Waals surface area contributed by atoms with Gasteiger partial charge in [0.25, 0.3) is 0 Å². The monoisotopic (exact) mass is 597 g/mol. The van der Waals surface area contributed by atoms with E-state index in [-0.39, 0.29) is 37.9 Å². The van der Waals surface area contributed by atoms with Crippen molar-refractivity contribution in [1.29, 1.82) is 0 Å². The van der Waals surface area contributed by atoms with Crippen molar-refractivity contribution < 1.29 is 33.1 Å². The Morgan fingerprint density at radius 2 is 1.83 bits per heavy atom. The number of carbonyl (C=O) groups excluding carboxylic acids is 1. The van der Waals surface area contributed by atoms with Crippen LogP contribution in [0.25, 0.3) is 0 Å². The fourth-order valence-electron chi connectivity index (χ4n) is 9.49. The predicted octanol–water partition coefficient (Wildman–Crippen LogP) is 7.25. The van der Waals surface area contributed by atoms with E-state index in [0.717, 1.165) is 54.8 Å². The van der Waals surface area contributed by atoms with Crippen LogP contribution in [0.15, 0.2) is 11.6 Å². The lowest BCUT2D eigenvalue weighted by Gasteiger charge is -2.58. The molecule has 8 atom stereocenters. The number of hydrogen-bond donors (Lipinski definition) is 3. The summed E-state index contributed by atoms with van der Waals surface area (Å²) in [6, 6.07) is 0. The highest BCUT2D eigenvalue weighted by Crippen LogP contribution is 2.67. The summed E-state index contributed by atoms with van der Waals surface area (Å²) in [7, 11) is -4.48. The molecule has 4 aliphatic rings. The van der Waals surface area contributed by atoms with Crippen molar-refractivity contribution in [2.45, 2.75) is 111 Å². The van der Waals surface area contributed by atoms with Crippen LogP contribution in [0.3, 0.4) is 0 Å². The van der Waals surface area contributed by atoms with Gasteiger partial charge in [0, 0.05) is 13.0 Å². The number of rotatable bonds is 13. The van der Waals surface area contributed by atoms with Gasteiger partial charge in [-0.25, -0.2) is 9.36 Å². The third-order valence-electron chi connectivity index (χ3n) is 11.5. The Bertz CT molecular complexity index is 966. The molecule has 3 fully saturated rings. The minimum Gasteiger partial charge on any atom is -0.446 e. The van der Waals surface area contributed by atoms with E-state index in [0.29, 0.717) is 5.41 Å². The largest absolute Gasteiger partial charge is 0.469 e. The molecule has 0 aromatic carbocycles. The lowest BCUT2D eigenvalue weighted by molar-refractivity contribution is -0.0581. The summed E-state index contributed by atoms with van der Waals surface area (Å²) in [4.78, 5) is 29.7. The predicted molar refractivity (Wildman–Crippen MR) is 160 cm³/mol. The van der Waals surface area contributed by atoms with E-state index in [1.165, 1.54) is 56.9 Å². The summed E-state index contributed by atoms with van der Waals surface area (Å²) in [5.74, 6) is 4.90. The number of amides is 1. The Hall–Kier alpha value is -0.920. The van der Waals surface area contributed by atoms with Crippen molar-refractivity contribution in [2.24, 2.45) is 46.3 Å². The maximum absolute atomic E-state index is 12.4. The highest BCUT2D eigenvalue weighted by atomic mass is 31.2.